The summed E-state index contributed by atoms with van der Waals surface area (Å²) >= 11 is 12.0. The van der Waals surface area contributed by atoms with Crippen LogP contribution in [0.4, 0.5) is 0 Å². The molecule has 0 atom stereocenters. The van der Waals surface area contributed by atoms with Gasteiger partial charge >= 0.3 is 0 Å². The first-order valence-corrected chi connectivity index (χ1v) is 9.59. The molecule has 0 spiro atoms. The van der Waals surface area contributed by atoms with Gasteiger partial charge in [-0.15, -0.1) is 5.06 Å². The molecule has 0 bridgehead atoms. The summed E-state index contributed by atoms with van der Waals surface area (Å²) in [6.07, 6.45) is 1.47. The van der Waals surface area contributed by atoms with Crippen LogP contribution in [-0.2, 0) is 18.0 Å². The minimum absolute atomic E-state index is 0.423. The molecule has 1 aliphatic rings. The number of hydroxylamine groups is 2. The second-order valence-corrected chi connectivity index (χ2v) is 7.25. The Morgan fingerprint density at radius 3 is 2.50 bits per heavy atom. The minimum Gasteiger partial charge on any atom is -0.489 e. The van der Waals surface area contributed by atoms with Gasteiger partial charge in [-0.25, -0.2) is 4.99 Å². The van der Waals surface area contributed by atoms with Gasteiger partial charge in [0.2, 0.25) is 0 Å². The zero-order chi connectivity index (χ0) is 19.3. The van der Waals surface area contributed by atoms with Crippen LogP contribution in [-0.4, -0.2) is 18.1 Å². The molecular weight excluding hydrogens is 395 g/mol. The van der Waals surface area contributed by atoms with Gasteiger partial charge in [-0.3, -0.25) is 0 Å². The highest BCUT2D eigenvalue weighted by molar-refractivity contribution is 6.42. The molecule has 1 heterocycles. The van der Waals surface area contributed by atoms with E-state index in [4.69, 9.17) is 32.8 Å². The number of hydrogen-bond donors (Lipinski definition) is 0. The summed E-state index contributed by atoms with van der Waals surface area (Å²) in [6.45, 7) is 1.66. The standard InChI is InChI=1S/C22H18Cl2N2O2/c23-21-8-7-17(10-22(21)24)13-27-20-6-2-5-19(11-20)18-4-1-3-16(9-18)12-26-14-25-15-28-26/h1-11,15H,12-14H2. The molecule has 28 heavy (non-hydrogen) atoms. The molecule has 142 valence electrons. The molecule has 0 saturated carbocycles. The minimum atomic E-state index is 0.423. The second kappa shape index (κ2) is 8.65. The van der Waals surface area contributed by atoms with Crippen LogP contribution >= 0.6 is 23.2 Å². The summed E-state index contributed by atoms with van der Waals surface area (Å²) in [5.41, 5.74) is 4.34. The fraction of sp³-hybridized carbons (Fsp3) is 0.136. The molecule has 0 aromatic heterocycles. The van der Waals surface area contributed by atoms with Gasteiger partial charge in [0, 0.05) is 0 Å². The molecule has 1 aliphatic heterocycles. The Labute approximate surface area is 173 Å². The summed E-state index contributed by atoms with van der Waals surface area (Å²) < 4.78 is 5.94. The van der Waals surface area contributed by atoms with Crippen LogP contribution in [0.2, 0.25) is 10.0 Å². The van der Waals surface area contributed by atoms with Gasteiger partial charge in [0.25, 0.3) is 0 Å². The number of benzene rings is 3. The Hall–Kier alpha value is -2.53. The van der Waals surface area contributed by atoms with Crippen molar-refractivity contribution in [1.29, 1.82) is 0 Å². The molecule has 0 radical (unpaired) electrons. The van der Waals surface area contributed by atoms with E-state index in [0.717, 1.165) is 28.0 Å². The third-order valence-electron chi connectivity index (χ3n) is 4.35. The van der Waals surface area contributed by atoms with Crippen LogP contribution in [0.1, 0.15) is 11.1 Å². The Morgan fingerprint density at radius 2 is 1.71 bits per heavy atom. The van der Waals surface area contributed by atoms with Crippen LogP contribution in [0, 0.1) is 0 Å². The zero-order valence-corrected chi connectivity index (χ0v) is 16.5. The average molecular weight is 413 g/mol. The van der Waals surface area contributed by atoms with Crippen molar-refractivity contribution in [3.05, 3.63) is 87.9 Å². The van der Waals surface area contributed by atoms with Crippen LogP contribution in [0.25, 0.3) is 11.1 Å². The molecule has 0 fully saturated rings. The maximum Gasteiger partial charge on any atom is 0.198 e. The van der Waals surface area contributed by atoms with E-state index in [1.165, 1.54) is 6.40 Å². The van der Waals surface area contributed by atoms with Crippen molar-refractivity contribution in [2.45, 2.75) is 13.2 Å². The molecule has 0 aliphatic carbocycles. The summed E-state index contributed by atoms with van der Waals surface area (Å²) in [7, 11) is 0. The van der Waals surface area contributed by atoms with Crippen molar-refractivity contribution in [2.24, 2.45) is 4.99 Å². The summed E-state index contributed by atoms with van der Waals surface area (Å²) in [6, 6.07) is 21.9. The maximum absolute atomic E-state index is 6.07. The van der Waals surface area contributed by atoms with E-state index in [1.807, 2.05) is 36.4 Å². The maximum atomic E-state index is 6.07. The van der Waals surface area contributed by atoms with Gasteiger partial charge in [0.15, 0.2) is 6.40 Å². The van der Waals surface area contributed by atoms with Crippen LogP contribution in [0.5, 0.6) is 5.75 Å². The van der Waals surface area contributed by atoms with Crippen LogP contribution < -0.4 is 4.74 Å². The summed E-state index contributed by atoms with van der Waals surface area (Å²) in [5.74, 6) is 0.797. The highest BCUT2D eigenvalue weighted by Crippen LogP contribution is 2.27. The van der Waals surface area contributed by atoms with Crippen molar-refractivity contribution in [2.75, 3.05) is 6.67 Å². The van der Waals surface area contributed by atoms with E-state index in [1.54, 1.807) is 11.1 Å². The van der Waals surface area contributed by atoms with Gasteiger partial charge in [-0.05, 0) is 52.6 Å². The highest BCUT2D eigenvalue weighted by atomic mass is 35.5. The molecule has 0 amide bonds. The summed E-state index contributed by atoms with van der Waals surface area (Å²) in [5, 5.41) is 2.87. The molecule has 0 N–H and O–H groups in total. The van der Waals surface area contributed by atoms with Gasteiger partial charge in [-0.1, -0.05) is 59.6 Å². The summed E-state index contributed by atoms with van der Waals surface area (Å²) in [4.78, 5) is 9.37. The van der Waals surface area contributed by atoms with Crippen molar-refractivity contribution in [3.63, 3.8) is 0 Å². The van der Waals surface area contributed by atoms with Gasteiger partial charge in [0.1, 0.15) is 19.0 Å². The zero-order valence-electron chi connectivity index (χ0n) is 15.0. The lowest BCUT2D eigenvalue weighted by Gasteiger charge is -2.13. The third kappa shape index (κ3) is 4.65. The highest BCUT2D eigenvalue weighted by Gasteiger charge is 2.10. The second-order valence-electron chi connectivity index (χ2n) is 6.44. The smallest absolute Gasteiger partial charge is 0.198 e. The Morgan fingerprint density at radius 1 is 0.893 bits per heavy atom. The van der Waals surface area contributed by atoms with Gasteiger partial charge in [0.05, 0.1) is 16.6 Å². The fourth-order valence-electron chi connectivity index (χ4n) is 2.96. The predicted octanol–water partition coefficient (Wildman–Crippen LogP) is 5.97. The first-order valence-electron chi connectivity index (χ1n) is 8.83. The molecule has 3 aromatic rings. The predicted molar refractivity (Wildman–Crippen MR) is 113 cm³/mol. The van der Waals surface area contributed by atoms with E-state index in [0.29, 0.717) is 29.9 Å². The average Bonchev–Trinajstić information content (AvgIpc) is 3.22. The van der Waals surface area contributed by atoms with Crippen molar-refractivity contribution in [1.82, 2.24) is 5.06 Å². The van der Waals surface area contributed by atoms with E-state index >= 15 is 0 Å². The number of aliphatic imine (C=N–C) groups is 1. The van der Waals surface area contributed by atoms with Crippen molar-refractivity contribution < 1.29 is 9.57 Å². The molecule has 6 heteroatoms. The topological polar surface area (TPSA) is 34.1 Å². The number of nitrogens with zero attached hydrogens (tertiary/aromatic N) is 2. The van der Waals surface area contributed by atoms with E-state index in [-0.39, 0.29) is 0 Å². The lowest BCUT2D eigenvalue weighted by Crippen LogP contribution is -2.17. The molecule has 0 saturated heterocycles. The van der Waals surface area contributed by atoms with Gasteiger partial charge in [-0.2, -0.15) is 0 Å². The Kier molecular flexibility index (Phi) is 5.81. The fourth-order valence-corrected chi connectivity index (χ4v) is 3.28. The number of ether oxygens (including phenoxy) is 1. The Bertz CT molecular complexity index is 999. The quantitative estimate of drug-likeness (QED) is 0.499. The normalized spacial score (nSPS) is 13.5. The molecule has 0 unspecified atom stereocenters. The molecular formula is C22H18Cl2N2O2. The Balaban J connectivity index is 1.46. The van der Waals surface area contributed by atoms with Crippen LogP contribution in [0.3, 0.4) is 0 Å². The molecule has 4 nitrogen and oxygen atoms in total. The first-order chi connectivity index (χ1) is 13.7. The number of halogens is 2. The number of rotatable bonds is 6. The third-order valence-corrected chi connectivity index (χ3v) is 5.09. The molecule has 4 rings (SSSR count). The van der Waals surface area contributed by atoms with Crippen LogP contribution in [0.15, 0.2) is 71.7 Å². The monoisotopic (exact) mass is 412 g/mol. The van der Waals surface area contributed by atoms with Crippen molar-refractivity contribution in [3.8, 4) is 16.9 Å². The van der Waals surface area contributed by atoms with E-state index in [9.17, 15) is 0 Å². The number of hydrogen-bond acceptors (Lipinski definition) is 4. The van der Waals surface area contributed by atoms with Gasteiger partial charge < -0.3 is 9.57 Å². The van der Waals surface area contributed by atoms with E-state index in [2.05, 4.69) is 29.3 Å². The first kappa shape index (κ1) is 18.8. The largest absolute Gasteiger partial charge is 0.489 e. The SMILES string of the molecule is Clc1ccc(COc2cccc(-c3cccc(CN4CN=CO4)c3)c2)cc1Cl. The lowest BCUT2D eigenvalue weighted by atomic mass is 10.0. The lowest BCUT2D eigenvalue weighted by molar-refractivity contribution is -0.0518. The van der Waals surface area contributed by atoms with E-state index < -0.39 is 0 Å². The molecule has 3 aromatic carbocycles. The van der Waals surface area contributed by atoms with Crippen molar-refractivity contribution >= 4 is 29.6 Å².